The summed E-state index contributed by atoms with van der Waals surface area (Å²) < 4.78 is 5.24. The maximum absolute atomic E-state index is 9.99. The van der Waals surface area contributed by atoms with Gasteiger partial charge in [-0.3, -0.25) is 0 Å². The van der Waals surface area contributed by atoms with E-state index < -0.39 is 5.79 Å². The smallest absolute Gasteiger partial charge is 0.165 e. The maximum atomic E-state index is 9.99. The summed E-state index contributed by atoms with van der Waals surface area (Å²) in [6, 6.07) is 0. The van der Waals surface area contributed by atoms with Crippen molar-refractivity contribution in [2.24, 2.45) is 0 Å². The molecule has 0 aromatic heterocycles. The van der Waals surface area contributed by atoms with Gasteiger partial charge in [0.1, 0.15) is 6.29 Å². The van der Waals surface area contributed by atoms with Crippen LogP contribution in [0.5, 0.6) is 0 Å². The number of hydrogen-bond donors (Lipinski definition) is 1. The van der Waals surface area contributed by atoms with E-state index in [1.54, 1.807) is 0 Å². The lowest BCUT2D eigenvalue weighted by molar-refractivity contribution is -0.219. The van der Waals surface area contributed by atoms with E-state index >= 15 is 0 Å². The normalized spacial score (nSPS) is 22.1. The van der Waals surface area contributed by atoms with Gasteiger partial charge in [0, 0.05) is 19.3 Å². The van der Waals surface area contributed by atoms with Crippen LogP contribution in [0.3, 0.4) is 0 Å². The van der Waals surface area contributed by atoms with E-state index in [-0.39, 0.29) is 0 Å². The number of aliphatic hydroxyl groups is 1. The number of carbonyl (C=O) groups excluding carboxylic acids is 1. The van der Waals surface area contributed by atoms with E-state index in [4.69, 9.17) is 4.74 Å². The first-order chi connectivity index (χ1) is 5.77. The van der Waals surface area contributed by atoms with Crippen LogP contribution in [0.15, 0.2) is 0 Å². The summed E-state index contributed by atoms with van der Waals surface area (Å²) in [7, 11) is 0. The Morgan fingerprint density at radius 1 is 1.33 bits per heavy atom. The molecule has 0 aliphatic heterocycles. The molecule has 0 aromatic rings. The van der Waals surface area contributed by atoms with Crippen LogP contribution >= 0.6 is 0 Å². The largest absolute Gasteiger partial charge is 0.365 e. The zero-order valence-corrected chi connectivity index (χ0v) is 7.29. The molecule has 0 saturated heterocycles. The van der Waals surface area contributed by atoms with Crippen molar-refractivity contribution in [3.05, 3.63) is 0 Å². The van der Waals surface area contributed by atoms with Crippen molar-refractivity contribution in [3.63, 3.8) is 0 Å². The van der Waals surface area contributed by atoms with Gasteiger partial charge >= 0.3 is 0 Å². The molecule has 0 radical (unpaired) electrons. The van der Waals surface area contributed by atoms with E-state index in [0.717, 1.165) is 19.1 Å². The first-order valence-electron chi connectivity index (χ1n) is 4.57. The van der Waals surface area contributed by atoms with Crippen molar-refractivity contribution in [3.8, 4) is 0 Å². The Labute approximate surface area is 72.7 Å². The van der Waals surface area contributed by atoms with Crippen molar-refractivity contribution in [2.45, 2.75) is 44.3 Å². The molecule has 1 aliphatic carbocycles. The highest BCUT2D eigenvalue weighted by Crippen LogP contribution is 2.28. The van der Waals surface area contributed by atoms with Gasteiger partial charge in [-0.05, 0) is 12.8 Å². The fourth-order valence-corrected chi connectivity index (χ4v) is 1.55. The summed E-state index contributed by atoms with van der Waals surface area (Å²) in [5.74, 6) is -0.929. The van der Waals surface area contributed by atoms with Crippen molar-refractivity contribution in [1.82, 2.24) is 0 Å². The van der Waals surface area contributed by atoms with Crippen molar-refractivity contribution < 1.29 is 14.6 Å². The van der Waals surface area contributed by atoms with Crippen molar-refractivity contribution in [1.29, 1.82) is 0 Å². The van der Waals surface area contributed by atoms with Gasteiger partial charge < -0.3 is 14.6 Å². The van der Waals surface area contributed by atoms with Crippen LogP contribution in [0.1, 0.15) is 38.5 Å². The third-order valence-electron chi connectivity index (χ3n) is 2.24. The Hall–Kier alpha value is -0.410. The van der Waals surface area contributed by atoms with Crippen LogP contribution in [0, 0.1) is 0 Å². The number of hydrogen-bond acceptors (Lipinski definition) is 3. The maximum Gasteiger partial charge on any atom is 0.165 e. The molecule has 1 aliphatic rings. The predicted molar refractivity (Wildman–Crippen MR) is 44.7 cm³/mol. The second-order valence-electron chi connectivity index (χ2n) is 3.31. The zero-order chi connectivity index (χ0) is 8.86. The molecule has 0 spiro atoms. The zero-order valence-electron chi connectivity index (χ0n) is 7.29. The Morgan fingerprint density at radius 3 is 2.58 bits per heavy atom. The lowest BCUT2D eigenvalue weighted by atomic mass is 9.94. The number of rotatable bonds is 4. The molecule has 12 heavy (non-hydrogen) atoms. The molecule has 1 fully saturated rings. The van der Waals surface area contributed by atoms with E-state index in [2.05, 4.69) is 0 Å². The van der Waals surface area contributed by atoms with Gasteiger partial charge in [-0.2, -0.15) is 0 Å². The lowest BCUT2D eigenvalue weighted by Gasteiger charge is -2.31. The highest BCUT2D eigenvalue weighted by Gasteiger charge is 2.29. The third-order valence-corrected chi connectivity index (χ3v) is 2.24. The van der Waals surface area contributed by atoms with E-state index in [0.29, 0.717) is 25.9 Å². The molecule has 1 N–H and O–H groups in total. The van der Waals surface area contributed by atoms with Crippen LogP contribution < -0.4 is 0 Å². The fraction of sp³-hybridized carbons (Fsp3) is 0.889. The molecule has 0 heterocycles. The van der Waals surface area contributed by atoms with Gasteiger partial charge in [-0.15, -0.1) is 0 Å². The second kappa shape index (κ2) is 4.58. The molecule has 0 aromatic carbocycles. The summed E-state index contributed by atoms with van der Waals surface area (Å²) in [5, 5.41) is 9.76. The summed E-state index contributed by atoms with van der Waals surface area (Å²) in [6.07, 6.45) is 5.85. The molecular formula is C9H16O3. The molecule has 0 bridgehead atoms. The van der Waals surface area contributed by atoms with Gasteiger partial charge in [0.2, 0.25) is 0 Å². The summed E-state index contributed by atoms with van der Waals surface area (Å²) in [5.41, 5.74) is 0. The van der Waals surface area contributed by atoms with E-state index in [1.165, 1.54) is 6.42 Å². The molecule has 1 rings (SSSR count). The number of ether oxygens (including phenoxy) is 1. The minimum absolute atomic E-state index is 0.347. The average Bonchev–Trinajstić information content (AvgIpc) is 2.06. The Morgan fingerprint density at radius 2 is 2.00 bits per heavy atom. The van der Waals surface area contributed by atoms with Gasteiger partial charge in [-0.1, -0.05) is 6.42 Å². The van der Waals surface area contributed by atoms with Crippen LogP contribution in [0.25, 0.3) is 0 Å². The van der Waals surface area contributed by atoms with Crippen LogP contribution in [0.2, 0.25) is 0 Å². The standard InChI is InChI=1S/C9H16O3/c10-7-4-8-12-9(11)5-2-1-3-6-9/h7,11H,1-6,8H2. The van der Waals surface area contributed by atoms with Gasteiger partial charge in [0.05, 0.1) is 6.61 Å². The fourth-order valence-electron chi connectivity index (χ4n) is 1.55. The Balaban J connectivity index is 2.21. The van der Waals surface area contributed by atoms with E-state index in [1.807, 2.05) is 0 Å². The SMILES string of the molecule is O=CCCOC1(O)CCCCC1. The molecule has 0 amide bonds. The topological polar surface area (TPSA) is 46.5 Å². The molecule has 0 atom stereocenters. The molecule has 3 nitrogen and oxygen atoms in total. The van der Waals surface area contributed by atoms with Crippen LogP contribution in [-0.4, -0.2) is 23.8 Å². The minimum Gasteiger partial charge on any atom is -0.365 e. The van der Waals surface area contributed by atoms with Crippen LogP contribution in [-0.2, 0) is 9.53 Å². The van der Waals surface area contributed by atoms with Gasteiger partial charge in [0.15, 0.2) is 5.79 Å². The molecule has 0 unspecified atom stereocenters. The molecule has 1 saturated carbocycles. The first kappa shape index (κ1) is 9.68. The summed E-state index contributed by atoms with van der Waals surface area (Å²) in [4.78, 5) is 9.99. The monoisotopic (exact) mass is 172 g/mol. The quantitative estimate of drug-likeness (QED) is 0.394. The lowest BCUT2D eigenvalue weighted by Crippen LogP contribution is -2.34. The molecule has 70 valence electrons. The number of carbonyl (C=O) groups is 1. The molecule has 3 heteroatoms. The summed E-state index contributed by atoms with van der Waals surface area (Å²) >= 11 is 0. The Kier molecular flexibility index (Phi) is 3.69. The van der Waals surface area contributed by atoms with Crippen molar-refractivity contribution >= 4 is 6.29 Å². The molecular weight excluding hydrogens is 156 g/mol. The first-order valence-corrected chi connectivity index (χ1v) is 4.57. The summed E-state index contributed by atoms with van der Waals surface area (Å²) in [6.45, 7) is 0.347. The third kappa shape index (κ3) is 2.91. The van der Waals surface area contributed by atoms with Gasteiger partial charge in [0.25, 0.3) is 0 Å². The van der Waals surface area contributed by atoms with Gasteiger partial charge in [-0.25, -0.2) is 0 Å². The Bertz CT molecular complexity index is 139. The second-order valence-corrected chi connectivity index (χ2v) is 3.31. The average molecular weight is 172 g/mol. The van der Waals surface area contributed by atoms with E-state index in [9.17, 15) is 9.90 Å². The highest BCUT2D eigenvalue weighted by atomic mass is 16.6. The number of aldehydes is 1. The van der Waals surface area contributed by atoms with Crippen molar-refractivity contribution in [2.75, 3.05) is 6.61 Å². The highest BCUT2D eigenvalue weighted by molar-refractivity contribution is 5.49. The minimum atomic E-state index is -0.929. The predicted octanol–water partition coefficient (Wildman–Crippen LogP) is 1.24. The van der Waals surface area contributed by atoms with Crippen LogP contribution in [0.4, 0.5) is 0 Å².